The summed E-state index contributed by atoms with van der Waals surface area (Å²) in [4.78, 5) is 4.40. The molecule has 0 bridgehead atoms. The van der Waals surface area contributed by atoms with Crippen LogP contribution in [0.2, 0.25) is 0 Å². The maximum atomic E-state index is 6.01. The number of hydrogen-bond donors (Lipinski definition) is 1. The van der Waals surface area contributed by atoms with E-state index in [1.54, 1.807) is 14.0 Å². The van der Waals surface area contributed by atoms with Crippen molar-refractivity contribution in [1.82, 2.24) is 0 Å². The maximum absolute atomic E-state index is 6.01. The Bertz CT molecular complexity index is 436. The van der Waals surface area contributed by atoms with Crippen LogP contribution in [-0.4, -0.2) is 44.2 Å². The van der Waals surface area contributed by atoms with E-state index in [9.17, 15) is 0 Å². The molecule has 0 aromatic heterocycles. The van der Waals surface area contributed by atoms with Gasteiger partial charge in [-0.25, -0.2) is 0 Å². The lowest BCUT2D eigenvalue weighted by Crippen LogP contribution is -2.23. The molecule has 2 atom stereocenters. The van der Waals surface area contributed by atoms with E-state index in [1.165, 1.54) is 0 Å². The summed E-state index contributed by atoms with van der Waals surface area (Å²) >= 11 is 6.01. The predicted octanol–water partition coefficient (Wildman–Crippen LogP) is 1.96. The van der Waals surface area contributed by atoms with E-state index in [0.29, 0.717) is 24.7 Å². The Kier molecular flexibility index (Phi) is 5.31. The molecule has 1 heterocycles. The minimum Gasteiger partial charge on any atom is -0.497 e. The van der Waals surface area contributed by atoms with E-state index in [2.05, 4.69) is 4.99 Å². The standard InChI is InChI=1S/C14H21ClN2O3/c1-9(16)17-12-6-13(18-2)14(5-10(12)7-15)20-11-3-4-19-8-11/h5,11-12H,3-4,6-8H2,1-2H3,(H2,16,17)/t11-,12?/m0/s1. The Morgan fingerprint density at radius 2 is 2.40 bits per heavy atom. The Hall–Kier alpha value is -1.20. The fourth-order valence-electron chi connectivity index (χ4n) is 2.32. The van der Waals surface area contributed by atoms with Crippen molar-refractivity contribution >= 4 is 17.4 Å². The lowest BCUT2D eigenvalue weighted by molar-refractivity contribution is 0.0849. The molecule has 6 heteroatoms. The normalized spacial score (nSPS) is 27.6. The number of aliphatic imine (C=N–C) groups is 1. The third kappa shape index (κ3) is 3.67. The van der Waals surface area contributed by atoms with Gasteiger partial charge in [-0.05, 0) is 18.6 Å². The summed E-state index contributed by atoms with van der Waals surface area (Å²) in [6, 6.07) is -0.0698. The molecule has 1 aliphatic carbocycles. The molecular weight excluding hydrogens is 280 g/mol. The number of allylic oxidation sites excluding steroid dienone is 1. The average molecular weight is 301 g/mol. The van der Waals surface area contributed by atoms with Gasteiger partial charge in [0.1, 0.15) is 11.9 Å². The fourth-order valence-corrected chi connectivity index (χ4v) is 2.58. The van der Waals surface area contributed by atoms with E-state index < -0.39 is 0 Å². The molecule has 0 amide bonds. The number of nitrogens with zero attached hydrogens (tertiary/aromatic N) is 1. The number of nitrogens with two attached hydrogens (primary N) is 1. The molecule has 112 valence electrons. The molecule has 0 saturated carbocycles. The van der Waals surface area contributed by atoms with Crippen LogP contribution in [0.3, 0.4) is 0 Å². The molecule has 0 spiro atoms. The molecule has 1 aliphatic heterocycles. The Labute approximate surface area is 124 Å². The van der Waals surface area contributed by atoms with Crippen LogP contribution >= 0.6 is 11.6 Å². The van der Waals surface area contributed by atoms with Gasteiger partial charge in [-0.3, -0.25) is 4.99 Å². The van der Waals surface area contributed by atoms with E-state index in [0.717, 1.165) is 30.1 Å². The van der Waals surface area contributed by atoms with Crippen LogP contribution in [0.15, 0.2) is 28.2 Å². The number of rotatable bonds is 5. The van der Waals surface area contributed by atoms with Crippen LogP contribution < -0.4 is 5.73 Å². The molecule has 2 aliphatic rings. The molecule has 0 aromatic rings. The number of alkyl halides is 1. The van der Waals surface area contributed by atoms with Crippen molar-refractivity contribution in [2.24, 2.45) is 10.7 Å². The highest BCUT2D eigenvalue weighted by atomic mass is 35.5. The third-order valence-electron chi connectivity index (χ3n) is 3.34. The lowest BCUT2D eigenvalue weighted by atomic mass is 9.98. The van der Waals surface area contributed by atoms with Gasteiger partial charge >= 0.3 is 0 Å². The minimum atomic E-state index is -0.0698. The quantitative estimate of drug-likeness (QED) is 0.479. The molecule has 20 heavy (non-hydrogen) atoms. The largest absolute Gasteiger partial charge is 0.497 e. The second kappa shape index (κ2) is 6.99. The summed E-state index contributed by atoms with van der Waals surface area (Å²) < 4.78 is 16.7. The van der Waals surface area contributed by atoms with E-state index in [4.69, 9.17) is 31.5 Å². The molecule has 2 rings (SSSR count). The van der Waals surface area contributed by atoms with Crippen LogP contribution in [0.1, 0.15) is 19.8 Å². The van der Waals surface area contributed by atoms with Crippen molar-refractivity contribution in [3.8, 4) is 0 Å². The van der Waals surface area contributed by atoms with E-state index in [1.807, 2.05) is 6.08 Å². The van der Waals surface area contributed by atoms with Crippen molar-refractivity contribution < 1.29 is 14.2 Å². The molecular formula is C14H21ClN2O3. The highest BCUT2D eigenvalue weighted by molar-refractivity contribution is 6.19. The molecule has 1 saturated heterocycles. The van der Waals surface area contributed by atoms with Gasteiger partial charge in [0.25, 0.3) is 0 Å². The molecule has 2 N–H and O–H groups in total. The first-order valence-corrected chi connectivity index (χ1v) is 7.25. The molecule has 5 nitrogen and oxygen atoms in total. The topological polar surface area (TPSA) is 66.1 Å². The molecule has 1 unspecified atom stereocenters. The van der Waals surface area contributed by atoms with Crippen LogP contribution in [-0.2, 0) is 14.2 Å². The first-order chi connectivity index (χ1) is 9.63. The number of ether oxygens (including phenoxy) is 3. The van der Waals surface area contributed by atoms with Crippen LogP contribution in [0.25, 0.3) is 0 Å². The summed E-state index contributed by atoms with van der Waals surface area (Å²) in [5, 5.41) is 0. The fraction of sp³-hybridized carbons (Fsp3) is 0.643. The van der Waals surface area contributed by atoms with E-state index >= 15 is 0 Å². The van der Waals surface area contributed by atoms with Gasteiger partial charge in [0.15, 0.2) is 5.76 Å². The highest BCUT2D eigenvalue weighted by Crippen LogP contribution is 2.30. The minimum absolute atomic E-state index is 0.0698. The summed E-state index contributed by atoms with van der Waals surface area (Å²) in [7, 11) is 1.64. The van der Waals surface area contributed by atoms with E-state index in [-0.39, 0.29) is 12.1 Å². The first kappa shape index (κ1) is 15.2. The third-order valence-corrected chi connectivity index (χ3v) is 3.65. The van der Waals surface area contributed by atoms with Gasteiger partial charge < -0.3 is 19.9 Å². The number of methoxy groups -OCH3 is 1. The molecule has 0 aromatic carbocycles. The van der Waals surface area contributed by atoms with Gasteiger partial charge in [-0.15, -0.1) is 11.6 Å². The SMILES string of the molecule is COC1=C(O[C@H]2CCOC2)C=C(CCl)C(N=C(C)N)C1. The van der Waals surface area contributed by atoms with Crippen LogP contribution in [0, 0.1) is 0 Å². The van der Waals surface area contributed by atoms with Gasteiger partial charge in [-0.2, -0.15) is 0 Å². The van der Waals surface area contributed by atoms with Crippen molar-refractivity contribution in [2.75, 3.05) is 26.2 Å². The summed E-state index contributed by atoms with van der Waals surface area (Å²) in [5.74, 6) is 2.45. The van der Waals surface area contributed by atoms with Crippen molar-refractivity contribution in [3.05, 3.63) is 23.2 Å². The maximum Gasteiger partial charge on any atom is 0.157 e. The zero-order valence-electron chi connectivity index (χ0n) is 11.9. The Morgan fingerprint density at radius 1 is 1.60 bits per heavy atom. The number of halogens is 1. The van der Waals surface area contributed by atoms with Crippen molar-refractivity contribution in [2.45, 2.75) is 31.9 Å². The molecule has 1 fully saturated rings. The Morgan fingerprint density at radius 3 is 2.95 bits per heavy atom. The predicted molar refractivity (Wildman–Crippen MR) is 78.8 cm³/mol. The second-order valence-corrected chi connectivity index (χ2v) is 5.21. The summed E-state index contributed by atoms with van der Waals surface area (Å²) in [6.07, 6.45) is 3.52. The van der Waals surface area contributed by atoms with Crippen molar-refractivity contribution in [3.63, 3.8) is 0 Å². The first-order valence-electron chi connectivity index (χ1n) is 6.72. The second-order valence-electron chi connectivity index (χ2n) is 4.94. The summed E-state index contributed by atoms with van der Waals surface area (Å²) in [5.41, 5.74) is 6.66. The lowest BCUT2D eigenvalue weighted by Gasteiger charge is -2.25. The van der Waals surface area contributed by atoms with Gasteiger partial charge in [-0.1, -0.05) is 0 Å². The van der Waals surface area contributed by atoms with Gasteiger partial charge in [0.05, 0.1) is 32.2 Å². The zero-order valence-corrected chi connectivity index (χ0v) is 12.7. The Balaban J connectivity index is 2.18. The number of hydrogen-bond acceptors (Lipinski definition) is 4. The monoisotopic (exact) mass is 300 g/mol. The molecule has 0 radical (unpaired) electrons. The zero-order chi connectivity index (χ0) is 14.5. The van der Waals surface area contributed by atoms with Gasteiger partial charge in [0, 0.05) is 18.7 Å². The van der Waals surface area contributed by atoms with Crippen molar-refractivity contribution in [1.29, 1.82) is 0 Å². The van der Waals surface area contributed by atoms with Crippen LogP contribution in [0.4, 0.5) is 0 Å². The summed E-state index contributed by atoms with van der Waals surface area (Å²) in [6.45, 7) is 3.13. The number of amidine groups is 1. The average Bonchev–Trinajstić information content (AvgIpc) is 2.92. The highest BCUT2D eigenvalue weighted by Gasteiger charge is 2.27. The smallest absolute Gasteiger partial charge is 0.157 e. The van der Waals surface area contributed by atoms with Gasteiger partial charge in [0.2, 0.25) is 0 Å². The van der Waals surface area contributed by atoms with Crippen LogP contribution in [0.5, 0.6) is 0 Å².